The van der Waals surface area contributed by atoms with E-state index in [0.717, 1.165) is 0 Å². The lowest BCUT2D eigenvalue weighted by atomic mass is 10.1. The summed E-state index contributed by atoms with van der Waals surface area (Å²) in [6.07, 6.45) is 1.68. The van der Waals surface area contributed by atoms with Crippen LogP contribution < -0.4 is 0 Å². The van der Waals surface area contributed by atoms with Crippen molar-refractivity contribution in [2.45, 2.75) is 26.0 Å². The smallest absolute Gasteiger partial charge is 0.325 e. The first kappa shape index (κ1) is 13.2. The normalized spacial score (nSPS) is 18.3. The van der Waals surface area contributed by atoms with E-state index in [0.29, 0.717) is 6.42 Å². The zero-order chi connectivity index (χ0) is 12.8. The van der Waals surface area contributed by atoms with Crippen molar-refractivity contribution in [3.63, 3.8) is 0 Å². The maximum atomic E-state index is 11.3. The summed E-state index contributed by atoms with van der Waals surface area (Å²) in [5.74, 6) is -1.22. The van der Waals surface area contributed by atoms with Crippen molar-refractivity contribution in [1.82, 2.24) is 4.90 Å². The second kappa shape index (κ2) is 6.03. The van der Waals surface area contributed by atoms with Crippen molar-refractivity contribution in [1.29, 1.82) is 0 Å². The van der Waals surface area contributed by atoms with Crippen molar-refractivity contribution in [2.75, 3.05) is 13.2 Å². The molecule has 0 radical (unpaired) electrons. The lowest BCUT2D eigenvalue weighted by Crippen LogP contribution is -2.56. The molecule has 0 bridgehead atoms. The van der Waals surface area contributed by atoms with Crippen LogP contribution in [0, 0.1) is 0 Å². The quantitative estimate of drug-likeness (QED) is 0.288. The molecule has 0 N–H and O–H groups in total. The van der Waals surface area contributed by atoms with Gasteiger partial charge in [0.05, 0.1) is 13.0 Å². The van der Waals surface area contributed by atoms with E-state index in [2.05, 4.69) is 6.58 Å². The Hall–Kier alpha value is -1.85. The third-order valence-corrected chi connectivity index (χ3v) is 2.20. The van der Waals surface area contributed by atoms with Gasteiger partial charge in [0.1, 0.15) is 6.54 Å². The second-order valence-electron chi connectivity index (χ2n) is 3.59. The predicted octanol–water partition coefficient (Wildman–Crippen LogP) is 0.227. The molecule has 1 amide bonds. The van der Waals surface area contributed by atoms with E-state index in [1.807, 2.05) is 0 Å². The maximum Gasteiger partial charge on any atom is 0.325 e. The second-order valence-corrected chi connectivity index (χ2v) is 3.59. The van der Waals surface area contributed by atoms with Crippen LogP contribution in [0.1, 0.15) is 19.8 Å². The molecule has 0 aromatic rings. The molecule has 1 aliphatic heterocycles. The molecule has 1 unspecified atom stereocenters. The van der Waals surface area contributed by atoms with Crippen molar-refractivity contribution < 1.29 is 23.9 Å². The van der Waals surface area contributed by atoms with Crippen LogP contribution in [0.3, 0.4) is 0 Å². The number of amides is 1. The Bertz CT molecular complexity index is 339. The van der Waals surface area contributed by atoms with Crippen LogP contribution in [-0.2, 0) is 23.9 Å². The zero-order valence-corrected chi connectivity index (χ0v) is 9.68. The Kier molecular flexibility index (Phi) is 4.68. The first-order valence-corrected chi connectivity index (χ1v) is 5.27. The van der Waals surface area contributed by atoms with Crippen LogP contribution in [0.2, 0.25) is 0 Å². The molecule has 1 aliphatic rings. The van der Waals surface area contributed by atoms with E-state index >= 15 is 0 Å². The number of ether oxygens (including phenoxy) is 2. The first-order chi connectivity index (χ1) is 8.04. The van der Waals surface area contributed by atoms with E-state index in [1.54, 1.807) is 6.08 Å². The Labute approximate surface area is 99.2 Å². The number of carbonyl (C=O) groups excluding carboxylic acids is 3. The molecule has 1 rings (SSSR count). The highest BCUT2D eigenvalue weighted by Crippen LogP contribution is 2.20. The van der Waals surface area contributed by atoms with Gasteiger partial charge in [-0.25, -0.2) is 0 Å². The van der Waals surface area contributed by atoms with Crippen LogP contribution in [0.15, 0.2) is 12.7 Å². The fourth-order valence-electron chi connectivity index (χ4n) is 1.35. The van der Waals surface area contributed by atoms with E-state index in [-0.39, 0.29) is 25.5 Å². The van der Waals surface area contributed by atoms with E-state index in [1.165, 1.54) is 11.8 Å². The summed E-state index contributed by atoms with van der Waals surface area (Å²) >= 11 is 0. The summed E-state index contributed by atoms with van der Waals surface area (Å²) < 4.78 is 9.68. The van der Waals surface area contributed by atoms with Gasteiger partial charge >= 0.3 is 11.9 Å². The molecule has 0 aromatic heterocycles. The molecular weight excluding hydrogens is 226 g/mol. The van der Waals surface area contributed by atoms with Gasteiger partial charge in [-0.3, -0.25) is 19.3 Å². The van der Waals surface area contributed by atoms with E-state index in [4.69, 9.17) is 9.47 Å². The third kappa shape index (κ3) is 3.90. The summed E-state index contributed by atoms with van der Waals surface area (Å²) in [7, 11) is 0. The van der Waals surface area contributed by atoms with Gasteiger partial charge in [-0.05, 0) is 6.42 Å². The summed E-state index contributed by atoms with van der Waals surface area (Å²) in [6.45, 7) is 4.79. The van der Waals surface area contributed by atoms with Gasteiger partial charge in [-0.1, -0.05) is 6.08 Å². The van der Waals surface area contributed by atoms with Crippen LogP contribution >= 0.6 is 0 Å². The Morgan fingerprint density at radius 1 is 1.59 bits per heavy atom. The number of likely N-dealkylation sites (tertiary alicyclic amines) is 1. The maximum absolute atomic E-state index is 11.3. The Morgan fingerprint density at radius 3 is 2.82 bits per heavy atom. The van der Waals surface area contributed by atoms with E-state index < -0.39 is 18.2 Å². The van der Waals surface area contributed by atoms with Crippen LogP contribution in [0.25, 0.3) is 0 Å². The molecular formula is C11H15NO5. The number of hydrogen-bond donors (Lipinski definition) is 0. The summed E-state index contributed by atoms with van der Waals surface area (Å²) in [5.41, 5.74) is 0. The molecule has 1 saturated heterocycles. The molecule has 1 fully saturated rings. The Morgan fingerprint density at radius 2 is 2.29 bits per heavy atom. The minimum Gasteiger partial charge on any atom is -0.464 e. The SMILES string of the molecule is C=CCCOC(=O)CN1C(=O)CC1OC(C)=O. The minimum absolute atomic E-state index is 0.125. The molecule has 1 heterocycles. The van der Waals surface area contributed by atoms with Crippen LogP contribution in [0.5, 0.6) is 0 Å². The van der Waals surface area contributed by atoms with Gasteiger partial charge in [-0.15, -0.1) is 6.58 Å². The van der Waals surface area contributed by atoms with Crippen molar-refractivity contribution >= 4 is 17.8 Å². The highest BCUT2D eigenvalue weighted by atomic mass is 16.6. The molecule has 6 heteroatoms. The number of carbonyl (C=O) groups is 3. The fraction of sp³-hybridized carbons (Fsp3) is 0.545. The van der Waals surface area contributed by atoms with Crippen LogP contribution in [0.4, 0.5) is 0 Å². The monoisotopic (exact) mass is 241 g/mol. The lowest BCUT2D eigenvalue weighted by Gasteiger charge is -2.38. The number of esters is 2. The van der Waals surface area contributed by atoms with Gasteiger partial charge in [-0.2, -0.15) is 0 Å². The molecule has 0 spiro atoms. The molecule has 0 aromatic carbocycles. The standard InChI is InChI=1S/C11H15NO5/c1-3-4-5-16-11(15)7-12-9(14)6-10(12)17-8(2)13/h3,10H,1,4-7H2,2H3. The van der Waals surface area contributed by atoms with Gasteiger partial charge in [0.15, 0.2) is 6.23 Å². The predicted molar refractivity (Wildman–Crippen MR) is 57.7 cm³/mol. The summed E-state index contributed by atoms with van der Waals surface area (Å²) in [6, 6.07) is 0. The topological polar surface area (TPSA) is 72.9 Å². The van der Waals surface area contributed by atoms with Crippen molar-refractivity contribution in [2.24, 2.45) is 0 Å². The van der Waals surface area contributed by atoms with Crippen molar-refractivity contribution in [3.8, 4) is 0 Å². The summed E-state index contributed by atoms with van der Waals surface area (Å²) in [5, 5.41) is 0. The first-order valence-electron chi connectivity index (χ1n) is 5.27. The molecule has 6 nitrogen and oxygen atoms in total. The van der Waals surface area contributed by atoms with Gasteiger partial charge < -0.3 is 9.47 Å². The van der Waals surface area contributed by atoms with Gasteiger partial charge in [0, 0.05) is 6.92 Å². The average molecular weight is 241 g/mol. The number of β-lactam (4-membered cyclic amide) rings is 1. The minimum atomic E-state index is -0.632. The zero-order valence-electron chi connectivity index (χ0n) is 9.68. The number of hydrogen-bond acceptors (Lipinski definition) is 5. The molecule has 94 valence electrons. The fourth-order valence-corrected chi connectivity index (χ4v) is 1.35. The van der Waals surface area contributed by atoms with E-state index in [9.17, 15) is 14.4 Å². The highest BCUT2D eigenvalue weighted by Gasteiger charge is 2.39. The molecule has 0 aliphatic carbocycles. The number of rotatable bonds is 6. The van der Waals surface area contributed by atoms with Gasteiger partial charge in [0.25, 0.3) is 0 Å². The van der Waals surface area contributed by atoms with Gasteiger partial charge in [0.2, 0.25) is 5.91 Å². The number of nitrogens with zero attached hydrogens (tertiary/aromatic N) is 1. The average Bonchev–Trinajstić information content (AvgIpc) is 2.25. The third-order valence-electron chi connectivity index (χ3n) is 2.20. The highest BCUT2D eigenvalue weighted by molar-refractivity contribution is 5.87. The Balaban J connectivity index is 2.33. The molecule has 17 heavy (non-hydrogen) atoms. The largest absolute Gasteiger partial charge is 0.464 e. The lowest BCUT2D eigenvalue weighted by molar-refractivity contribution is -0.186. The summed E-state index contributed by atoms with van der Waals surface area (Å²) in [4.78, 5) is 34.4. The molecule has 1 atom stereocenters. The van der Waals surface area contributed by atoms with Crippen LogP contribution in [-0.4, -0.2) is 42.1 Å². The van der Waals surface area contributed by atoms with Crippen molar-refractivity contribution in [3.05, 3.63) is 12.7 Å². The molecule has 0 saturated carbocycles.